The third-order valence-electron chi connectivity index (χ3n) is 2.94. The molecule has 4 heteroatoms. The molecule has 96 valence electrons. The Bertz CT molecular complexity index is 540. The first-order chi connectivity index (χ1) is 8.61. The first-order valence-electron chi connectivity index (χ1n) is 6.09. The minimum absolute atomic E-state index is 0.385. The molecule has 3 N–H and O–H groups in total. The van der Waals surface area contributed by atoms with Crippen molar-refractivity contribution in [3.8, 4) is 0 Å². The summed E-state index contributed by atoms with van der Waals surface area (Å²) < 4.78 is 0. The maximum absolute atomic E-state index is 9.43. The first kappa shape index (κ1) is 12.8. The Labute approximate surface area is 107 Å². The van der Waals surface area contributed by atoms with E-state index >= 15 is 0 Å². The van der Waals surface area contributed by atoms with Crippen LogP contribution in [0.5, 0.6) is 0 Å². The lowest BCUT2D eigenvalue weighted by atomic mass is 10.1. The Kier molecular flexibility index (Phi) is 3.79. The molecule has 0 spiro atoms. The zero-order chi connectivity index (χ0) is 13.1. The van der Waals surface area contributed by atoms with E-state index in [0.29, 0.717) is 13.1 Å². The first-order valence-corrected chi connectivity index (χ1v) is 6.09. The summed E-state index contributed by atoms with van der Waals surface area (Å²) in [5.41, 5.74) is 7.81. The average Bonchev–Trinajstić information content (AvgIpc) is 2.36. The van der Waals surface area contributed by atoms with Crippen LogP contribution in [0.2, 0.25) is 0 Å². The lowest BCUT2D eigenvalue weighted by molar-refractivity contribution is 0.201. The zero-order valence-electron chi connectivity index (χ0n) is 10.8. The van der Waals surface area contributed by atoms with Gasteiger partial charge in [0.25, 0.3) is 0 Å². The van der Waals surface area contributed by atoms with E-state index in [1.165, 1.54) is 0 Å². The van der Waals surface area contributed by atoms with Crippen molar-refractivity contribution in [3.05, 3.63) is 35.9 Å². The van der Waals surface area contributed by atoms with Crippen LogP contribution < -0.4 is 10.6 Å². The van der Waals surface area contributed by atoms with Gasteiger partial charge in [-0.25, -0.2) is 4.98 Å². The van der Waals surface area contributed by atoms with Crippen LogP contribution in [0.1, 0.15) is 12.5 Å². The number of anilines is 1. The summed E-state index contributed by atoms with van der Waals surface area (Å²) in [6.45, 7) is 2.80. The summed E-state index contributed by atoms with van der Waals surface area (Å²) >= 11 is 0. The van der Waals surface area contributed by atoms with E-state index in [9.17, 15) is 5.11 Å². The second kappa shape index (κ2) is 5.33. The van der Waals surface area contributed by atoms with E-state index < -0.39 is 0 Å². The van der Waals surface area contributed by atoms with Crippen molar-refractivity contribution in [2.75, 3.05) is 18.5 Å². The molecule has 0 radical (unpaired) electrons. The van der Waals surface area contributed by atoms with Gasteiger partial charge in [-0.1, -0.05) is 18.2 Å². The number of aliphatic hydroxyl groups excluding tert-OH is 1. The van der Waals surface area contributed by atoms with E-state index in [4.69, 9.17) is 5.73 Å². The standard InChI is InChI=1S/C14H19N3O/c1-10(18)9-17(2)14-7-11(8-15)12-5-3-4-6-13(12)16-14/h3-7,10,18H,8-9,15H2,1-2H3. The molecule has 0 saturated heterocycles. The minimum Gasteiger partial charge on any atom is -0.392 e. The van der Waals surface area contributed by atoms with Gasteiger partial charge in [-0.3, -0.25) is 0 Å². The lowest BCUT2D eigenvalue weighted by Gasteiger charge is -2.21. The van der Waals surface area contributed by atoms with Crippen LogP contribution in [-0.4, -0.2) is 29.8 Å². The number of pyridine rings is 1. The van der Waals surface area contributed by atoms with E-state index in [0.717, 1.165) is 22.3 Å². The second-order valence-electron chi connectivity index (χ2n) is 4.59. The van der Waals surface area contributed by atoms with Gasteiger partial charge in [0.1, 0.15) is 5.82 Å². The maximum atomic E-state index is 9.43. The predicted molar refractivity (Wildman–Crippen MR) is 74.6 cm³/mol. The van der Waals surface area contributed by atoms with Gasteiger partial charge < -0.3 is 15.7 Å². The molecule has 0 fully saturated rings. The molecule has 0 aliphatic carbocycles. The van der Waals surface area contributed by atoms with Crippen molar-refractivity contribution >= 4 is 16.7 Å². The topological polar surface area (TPSA) is 62.4 Å². The largest absolute Gasteiger partial charge is 0.392 e. The second-order valence-corrected chi connectivity index (χ2v) is 4.59. The maximum Gasteiger partial charge on any atom is 0.129 e. The molecule has 0 aliphatic rings. The predicted octanol–water partition coefficient (Wildman–Crippen LogP) is 1.51. The van der Waals surface area contributed by atoms with Crippen molar-refractivity contribution in [3.63, 3.8) is 0 Å². The number of nitrogens with two attached hydrogens (primary N) is 1. The number of benzene rings is 1. The quantitative estimate of drug-likeness (QED) is 0.857. The van der Waals surface area contributed by atoms with Gasteiger partial charge in [0.15, 0.2) is 0 Å². The van der Waals surface area contributed by atoms with Crippen molar-refractivity contribution < 1.29 is 5.11 Å². The smallest absolute Gasteiger partial charge is 0.129 e. The molecule has 0 amide bonds. The molecule has 0 aliphatic heterocycles. The Hall–Kier alpha value is -1.65. The average molecular weight is 245 g/mol. The fourth-order valence-electron chi connectivity index (χ4n) is 2.09. The van der Waals surface area contributed by atoms with Crippen molar-refractivity contribution in [2.24, 2.45) is 5.73 Å². The van der Waals surface area contributed by atoms with E-state index in [1.54, 1.807) is 6.92 Å². The highest BCUT2D eigenvalue weighted by Crippen LogP contribution is 2.22. The molecule has 1 atom stereocenters. The van der Waals surface area contributed by atoms with Crippen LogP contribution in [0.4, 0.5) is 5.82 Å². The number of likely N-dealkylation sites (N-methyl/N-ethyl adjacent to an activating group) is 1. The van der Waals surface area contributed by atoms with Crippen LogP contribution in [-0.2, 0) is 6.54 Å². The van der Waals surface area contributed by atoms with E-state index in [1.807, 2.05) is 42.3 Å². The summed E-state index contributed by atoms with van der Waals surface area (Å²) in [6, 6.07) is 9.96. The Balaban J connectivity index is 2.46. The van der Waals surface area contributed by atoms with Crippen molar-refractivity contribution in [1.29, 1.82) is 0 Å². The Morgan fingerprint density at radius 3 is 2.78 bits per heavy atom. The molecule has 18 heavy (non-hydrogen) atoms. The van der Waals surface area contributed by atoms with Crippen LogP contribution in [0.15, 0.2) is 30.3 Å². The van der Waals surface area contributed by atoms with Gasteiger partial charge in [0.05, 0.1) is 11.6 Å². The SMILES string of the molecule is CC(O)CN(C)c1cc(CN)c2ccccc2n1. The molecule has 1 heterocycles. The highest BCUT2D eigenvalue weighted by Gasteiger charge is 2.09. The molecule has 4 nitrogen and oxygen atoms in total. The molecular weight excluding hydrogens is 226 g/mol. The van der Waals surface area contributed by atoms with Crippen LogP contribution in [0, 0.1) is 0 Å². The van der Waals surface area contributed by atoms with Crippen molar-refractivity contribution in [1.82, 2.24) is 4.98 Å². The summed E-state index contributed by atoms with van der Waals surface area (Å²) in [5, 5.41) is 10.5. The van der Waals surface area contributed by atoms with E-state index in [-0.39, 0.29) is 6.10 Å². The van der Waals surface area contributed by atoms with Crippen LogP contribution in [0.3, 0.4) is 0 Å². The summed E-state index contributed by atoms with van der Waals surface area (Å²) in [7, 11) is 1.92. The highest BCUT2D eigenvalue weighted by molar-refractivity contribution is 5.84. The zero-order valence-corrected chi connectivity index (χ0v) is 10.8. The van der Waals surface area contributed by atoms with Crippen LogP contribution in [0.25, 0.3) is 10.9 Å². The third kappa shape index (κ3) is 2.60. The molecule has 0 saturated carbocycles. The fraction of sp³-hybridized carbons (Fsp3) is 0.357. The fourth-order valence-corrected chi connectivity index (χ4v) is 2.09. The molecule has 2 rings (SSSR count). The monoisotopic (exact) mass is 245 g/mol. The van der Waals surface area contributed by atoms with E-state index in [2.05, 4.69) is 4.98 Å². The molecule has 1 aromatic carbocycles. The van der Waals surface area contributed by atoms with Gasteiger partial charge in [-0.05, 0) is 24.6 Å². The molecule has 0 bridgehead atoms. The number of aliphatic hydroxyl groups is 1. The highest BCUT2D eigenvalue weighted by atomic mass is 16.3. The van der Waals surface area contributed by atoms with Gasteiger partial charge in [-0.2, -0.15) is 0 Å². The Morgan fingerprint density at radius 1 is 1.39 bits per heavy atom. The number of para-hydroxylation sites is 1. The molecule has 2 aromatic rings. The number of aromatic nitrogens is 1. The molecule has 1 unspecified atom stereocenters. The van der Waals surface area contributed by atoms with Gasteiger partial charge >= 0.3 is 0 Å². The van der Waals surface area contributed by atoms with Crippen LogP contribution >= 0.6 is 0 Å². The van der Waals surface area contributed by atoms with Gasteiger partial charge in [0, 0.05) is 25.5 Å². The number of fused-ring (bicyclic) bond motifs is 1. The summed E-state index contributed by atoms with van der Waals surface area (Å²) in [6.07, 6.45) is -0.385. The normalized spacial score (nSPS) is 12.7. The number of rotatable bonds is 4. The van der Waals surface area contributed by atoms with Gasteiger partial charge in [0.2, 0.25) is 0 Å². The number of nitrogens with zero attached hydrogens (tertiary/aromatic N) is 2. The Morgan fingerprint density at radius 2 is 2.11 bits per heavy atom. The summed E-state index contributed by atoms with van der Waals surface area (Å²) in [4.78, 5) is 6.54. The third-order valence-corrected chi connectivity index (χ3v) is 2.94. The molecular formula is C14H19N3O. The lowest BCUT2D eigenvalue weighted by Crippen LogP contribution is -2.27. The number of hydrogen-bond acceptors (Lipinski definition) is 4. The van der Waals surface area contributed by atoms with Crippen molar-refractivity contribution in [2.45, 2.75) is 19.6 Å². The summed E-state index contributed by atoms with van der Waals surface area (Å²) in [5.74, 6) is 0.843. The number of hydrogen-bond donors (Lipinski definition) is 2. The van der Waals surface area contributed by atoms with Gasteiger partial charge in [-0.15, -0.1) is 0 Å². The minimum atomic E-state index is -0.385. The molecule has 1 aromatic heterocycles.